The summed E-state index contributed by atoms with van der Waals surface area (Å²) in [5, 5.41) is 11.1. The van der Waals surface area contributed by atoms with Crippen molar-refractivity contribution in [1.29, 1.82) is 0 Å². The Bertz CT molecular complexity index is 1340. The van der Waals surface area contributed by atoms with E-state index in [-0.39, 0.29) is 11.5 Å². The quantitative estimate of drug-likeness (QED) is 0.447. The first-order valence-electron chi connectivity index (χ1n) is 9.86. The molecule has 0 saturated heterocycles. The van der Waals surface area contributed by atoms with Crippen molar-refractivity contribution in [3.05, 3.63) is 70.9 Å². The van der Waals surface area contributed by atoms with Gasteiger partial charge in [-0.2, -0.15) is 5.10 Å². The molecule has 0 bridgehead atoms. The zero-order valence-corrected chi connectivity index (χ0v) is 17.6. The van der Waals surface area contributed by atoms with E-state index >= 15 is 0 Å². The zero-order chi connectivity index (χ0) is 22.4. The van der Waals surface area contributed by atoms with Gasteiger partial charge in [0.1, 0.15) is 11.6 Å². The number of hydrogen-bond donors (Lipinski definition) is 1. The van der Waals surface area contributed by atoms with Crippen molar-refractivity contribution in [2.75, 3.05) is 19.5 Å². The van der Waals surface area contributed by atoms with Crippen LogP contribution in [0.15, 0.2) is 47.0 Å². The molecule has 0 aliphatic heterocycles. The van der Waals surface area contributed by atoms with E-state index in [1.165, 1.54) is 12.1 Å². The van der Waals surface area contributed by atoms with E-state index in [0.29, 0.717) is 35.2 Å². The number of hydrogen-bond acceptors (Lipinski definition) is 6. The second-order valence-corrected chi connectivity index (χ2v) is 7.38. The Hall–Kier alpha value is -4.14. The Morgan fingerprint density at radius 1 is 1.12 bits per heavy atom. The van der Waals surface area contributed by atoms with E-state index in [1.54, 1.807) is 44.0 Å². The molecule has 0 saturated carbocycles. The monoisotopic (exact) mass is 434 g/mol. The number of carbonyl (C=O) groups is 1. The summed E-state index contributed by atoms with van der Waals surface area (Å²) < 4.78 is 31.1. The Morgan fingerprint density at radius 2 is 1.84 bits per heavy atom. The van der Waals surface area contributed by atoms with E-state index in [1.807, 2.05) is 12.1 Å². The van der Waals surface area contributed by atoms with E-state index in [9.17, 15) is 9.18 Å². The lowest BCUT2D eigenvalue weighted by Gasteiger charge is -2.12. The fourth-order valence-electron chi connectivity index (χ4n) is 3.93. The maximum atomic E-state index is 13.5. The summed E-state index contributed by atoms with van der Waals surface area (Å²) in [5.74, 6) is 1.27. The number of aromatic nitrogens is 3. The first kappa shape index (κ1) is 19.8. The molecule has 0 unspecified atom stereocenters. The Labute approximate surface area is 182 Å². The van der Waals surface area contributed by atoms with Gasteiger partial charge in [-0.3, -0.25) is 4.79 Å². The fraction of sp³-hybridized carbons (Fsp3) is 0.174. The minimum absolute atomic E-state index is 0.249. The van der Waals surface area contributed by atoms with Crippen molar-refractivity contribution in [3.8, 4) is 28.4 Å². The summed E-state index contributed by atoms with van der Waals surface area (Å²) in [6.45, 7) is 1.74. The van der Waals surface area contributed by atoms with Crippen LogP contribution >= 0.6 is 0 Å². The standard InChI is InChI=1S/C23H19FN4O4/c1-12-8-20(27-32-12)25-23(29)21-17-9-13-10-18(30-2)19(31-3)11-16(13)22(17)28(26-21)15-6-4-14(24)5-7-15/h4-8,10-11H,9H2,1-3H3,(H,25,27,29). The maximum Gasteiger partial charge on any atom is 0.277 e. The van der Waals surface area contributed by atoms with Crippen molar-refractivity contribution in [1.82, 2.24) is 14.9 Å². The van der Waals surface area contributed by atoms with E-state index in [4.69, 9.17) is 14.0 Å². The van der Waals surface area contributed by atoms with Gasteiger partial charge in [0, 0.05) is 23.6 Å². The van der Waals surface area contributed by atoms with Gasteiger partial charge >= 0.3 is 0 Å². The number of halogens is 1. The summed E-state index contributed by atoms with van der Waals surface area (Å²) in [4.78, 5) is 13.1. The number of nitrogens with one attached hydrogen (secondary N) is 1. The highest BCUT2D eigenvalue weighted by molar-refractivity contribution is 6.05. The van der Waals surface area contributed by atoms with Gasteiger partial charge in [0.25, 0.3) is 5.91 Å². The number of carbonyl (C=O) groups excluding carboxylic acids is 1. The number of rotatable bonds is 5. The number of ether oxygens (including phenoxy) is 2. The molecule has 0 radical (unpaired) electrons. The molecular formula is C23H19FN4O4. The number of methoxy groups -OCH3 is 2. The smallest absolute Gasteiger partial charge is 0.277 e. The fourth-order valence-corrected chi connectivity index (χ4v) is 3.93. The molecule has 5 rings (SSSR count). The number of nitrogens with zero attached hydrogens (tertiary/aromatic N) is 3. The van der Waals surface area contributed by atoms with Crippen LogP contribution < -0.4 is 14.8 Å². The van der Waals surface area contributed by atoms with Gasteiger partial charge in [-0.05, 0) is 48.9 Å². The van der Waals surface area contributed by atoms with Gasteiger partial charge in [0.15, 0.2) is 23.0 Å². The molecule has 8 nitrogen and oxygen atoms in total. The Morgan fingerprint density at radius 3 is 2.50 bits per heavy atom. The minimum Gasteiger partial charge on any atom is -0.493 e. The molecule has 32 heavy (non-hydrogen) atoms. The van der Waals surface area contributed by atoms with Crippen LogP contribution in [-0.2, 0) is 6.42 Å². The average Bonchev–Trinajstić information content (AvgIpc) is 3.47. The molecule has 0 atom stereocenters. The van der Waals surface area contributed by atoms with Crippen LogP contribution in [0, 0.1) is 12.7 Å². The number of aryl methyl sites for hydroxylation is 1. The van der Waals surface area contributed by atoms with Crippen molar-refractivity contribution >= 4 is 11.7 Å². The highest BCUT2D eigenvalue weighted by Crippen LogP contribution is 2.44. The SMILES string of the molecule is COc1cc2c(cc1OC)-c1c(c(C(=O)Nc3cc(C)on3)nn1-c1ccc(F)cc1)C2. The molecule has 2 aromatic heterocycles. The van der Waals surface area contributed by atoms with Crippen LogP contribution in [0.4, 0.5) is 10.2 Å². The summed E-state index contributed by atoms with van der Waals surface area (Å²) in [7, 11) is 3.14. The maximum absolute atomic E-state index is 13.5. The van der Waals surface area contributed by atoms with E-state index < -0.39 is 5.91 Å². The first-order valence-corrected chi connectivity index (χ1v) is 9.86. The van der Waals surface area contributed by atoms with Crippen molar-refractivity contribution in [2.45, 2.75) is 13.3 Å². The number of fused-ring (bicyclic) bond motifs is 3. The van der Waals surface area contributed by atoms with Gasteiger partial charge < -0.3 is 19.3 Å². The molecule has 0 fully saturated rings. The largest absolute Gasteiger partial charge is 0.493 e. The van der Waals surface area contributed by atoms with Gasteiger partial charge in [-0.15, -0.1) is 0 Å². The lowest BCUT2D eigenvalue weighted by atomic mass is 10.1. The predicted molar refractivity (Wildman–Crippen MR) is 114 cm³/mol. The third-order valence-corrected chi connectivity index (χ3v) is 5.37. The second-order valence-electron chi connectivity index (χ2n) is 7.38. The molecular weight excluding hydrogens is 415 g/mol. The molecule has 2 aromatic carbocycles. The average molecular weight is 434 g/mol. The zero-order valence-electron chi connectivity index (χ0n) is 17.6. The molecule has 0 spiro atoms. The van der Waals surface area contributed by atoms with Crippen molar-refractivity contribution in [2.24, 2.45) is 0 Å². The lowest BCUT2D eigenvalue weighted by molar-refractivity contribution is 0.102. The van der Waals surface area contributed by atoms with Crippen LogP contribution in [0.25, 0.3) is 16.9 Å². The van der Waals surface area contributed by atoms with Gasteiger partial charge in [0.2, 0.25) is 0 Å². The third kappa shape index (κ3) is 3.18. The molecule has 1 N–H and O–H groups in total. The topological polar surface area (TPSA) is 91.4 Å². The van der Waals surface area contributed by atoms with E-state index in [0.717, 1.165) is 22.4 Å². The highest BCUT2D eigenvalue weighted by Gasteiger charge is 2.32. The Kier molecular flexibility index (Phi) is 4.66. The van der Waals surface area contributed by atoms with Crippen molar-refractivity contribution < 1.29 is 23.2 Å². The van der Waals surface area contributed by atoms with E-state index in [2.05, 4.69) is 15.6 Å². The second kappa shape index (κ2) is 7.52. The minimum atomic E-state index is -0.415. The molecule has 4 aromatic rings. The van der Waals surface area contributed by atoms with Gasteiger partial charge in [0.05, 0.1) is 25.6 Å². The molecule has 1 amide bonds. The summed E-state index contributed by atoms with van der Waals surface area (Å²) in [6.07, 6.45) is 0.479. The van der Waals surface area contributed by atoms with Crippen LogP contribution in [-0.4, -0.2) is 35.1 Å². The molecule has 1 aliphatic carbocycles. The lowest BCUT2D eigenvalue weighted by Crippen LogP contribution is -2.15. The number of amides is 1. The Balaban J connectivity index is 1.66. The molecule has 2 heterocycles. The van der Waals surface area contributed by atoms with Crippen LogP contribution in [0.1, 0.15) is 27.4 Å². The third-order valence-electron chi connectivity index (χ3n) is 5.37. The summed E-state index contributed by atoms with van der Waals surface area (Å²) in [5.41, 5.74) is 4.20. The van der Waals surface area contributed by atoms with Crippen LogP contribution in [0.2, 0.25) is 0 Å². The number of anilines is 1. The summed E-state index contributed by atoms with van der Waals surface area (Å²) in [6, 6.07) is 11.3. The molecule has 162 valence electrons. The molecule has 9 heteroatoms. The van der Waals surface area contributed by atoms with Gasteiger partial charge in [-0.1, -0.05) is 5.16 Å². The predicted octanol–water partition coefficient (Wildman–Crippen LogP) is 4.15. The first-order chi connectivity index (χ1) is 15.5. The van der Waals surface area contributed by atoms with Crippen LogP contribution in [0.3, 0.4) is 0 Å². The van der Waals surface area contributed by atoms with Crippen LogP contribution in [0.5, 0.6) is 11.5 Å². The summed E-state index contributed by atoms with van der Waals surface area (Å²) >= 11 is 0. The number of benzene rings is 2. The molecule has 1 aliphatic rings. The van der Waals surface area contributed by atoms with Gasteiger partial charge in [-0.25, -0.2) is 9.07 Å². The van der Waals surface area contributed by atoms with Crippen molar-refractivity contribution in [3.63, 3.8) is 0 Å². The highest BCUT2D eigenvalue weighted by atomic mass is 19.1. The normalized spacial score (nSPS) is 11.8.